The second kappa shape index (κ2) is 7.05. The molecule has 1 aliphatic heterocycles. The Balaban J connectivity index is 1.91. The Morgan fingerprint density at radius 3 is 2.32 bits per heavy atom. The first-order valence-electron chi connectivity index (χ1n) is 8.31. The highest BCUT2D eigenvalue weighted by molar-refractivity contribution is 4.92. The average molecular weight is 267 g/mol. The molecule has 2 aliphatic rings. The predicted molar refractivity (Wildman–Crippen MR) is 82.5 cm³/mol. The van der Waals surface area contributed by atoms with Crippen molar-refractivity contribution in [3.63, 3.8) is 0 Å². The van der Waals surface area contributed by atoms with Crippen molar-refractivity contribution in [2.45, 2.75) is 64.6 Å². The number of rotatable bonds is 4. The van der Waals surface area contributed by atoms with Crippen LogP contribution in [0.25, 0.3) is 0 Å². The number of nitrogens with one attached hydrogen (secondary N) is 1. The number of hydrogen-bond donors (Lipinski definition) is 1. The molecule has 0 aromatic carbocycles. The minimum absolute atomic E-state index is 0.706. The van der Waals surface area contributed by atoms with Crippen LogP contribution >= 0.6 is 0 Å². The summed E-state index contributed by atoms with van der Waals surface area (Å²) in [6, 6.07) is 2.20. The quantitative estimate of drug-likeness (QED) is 0.842. The summed E-state index contributed by atoms with van der Waals surface area (Å²) in [7, 11) is 2.15. The second-order valence-corrected chi connectivity index (χ2v) is 6.72. The fourth-order valence-electron chi connectivity index (χ4n) is 3.93. The van der Waals surface area contributed by atoms with E-state index in [-0.39, 0.29) is 0 Å². The molecule has 2 rings (SSSR count). The SMILES string of the molecule is CCC1CCC(NC)C(N2CCN(C(C)C)CC2)C1. The van der Waals surface area contributed by atoms with E-state index in [1.54, 1.807) is 0 Å². The van der Waals surface area contributed by atoms with Gasteiger partial charge in [0.15, 0.2) is 0 Å². The lowest BCUT2D eigenvalue weighted by molar-refractivity contribution is 0.0389. The Kier molecular flexibility index (Phi) is 5.67. The van der Waals surface area contributed by atoms with Crippen LogP contribution in [0.4, 0.5) is 0 Å². The normalized spacial score (nSPS) is 34.9. The smallest absolute Gasteiger partial charge is 0.0252 e. The monoisotopic (exact) mass is 267 g/mol. The molecule has 19 heavy (non-hydrogen) atoms. The maximum absolute atomic E-state index is 3.57. The third-order valence-corrected chi connectivity index (χ3v) is 5.42. The van der Waals surface area contributed by atoms with E-state index in [1.807, 2.05) is 0 Å². The van der Waals surface area contributed by atoms with Crippen LogP contribution in [0.15, 0.2) is 0 Å². The standard InChI is InChI=1S/C16H33N3/c1-5-14-6-7-15(17-4)16(12-14)19-10-8-18(9-11-19)13(2)3/h13-17H,5-12H2,1-4H3. The van der Waals surface area contributed by atoms with Crippen LogP contribution in [0.3, 0.4) is 0 Å². The van der Waals surface area contributed by atoms with Gasteiger partial charge in [-0.1, -0.05) is 13.3 Å². The Labute approximate surface area is 119 Å². The van der Waals surface area contributed by atoms with Crippen molar-refractivity contribution < 1.29 is 0 Å². The lowest BCUT2D eigenvalue weighted by Gasteiger charge is -2.46. The zero-order chi connectivity index (χ0) is 13.8. The van der Waals surface area contributed by atoms with Crippen molar-refractivity contribution in [2.24, 2.45) is 5.92 Å². The topological polar surface area (TPSA) is 18.5 Å². The van der Waals surface area contributed by atoms with Crippen molar-refractivity contribution in [2.75, 3.05) is 33.2 Å². The van der Waals surface area contributed by atoms with E-state index in [9.17, 15) is 0 Å². The molecule has 1 saturated carbocycles. The first-order valence-corrected chi connectivity index (χ1v) is 8.31. The lowest BCUT2D eigenvalue weighted by Crippen LogP contribution is -2.58. The molecule has 112 valence electrons. The lowest BCUT2D eigenvalue weighted by atomic mass is 9.80. The molecule has 3 atom stereocenters. The van der Waals surface area contributed by atoms with Crippen molar-refractivity contribution in [1.82, 2.24) is 15.1 Å². The van der Waals surface area contributed by atoms with Crippen LogP contribution < -0.4 is 5.32 Å². The third kappa shape index (κ3) is 3.71. The molecule has 0 aromatic heterocycles. The summed E-state index contributed by atoms with van der Waals surface area (Å²) in [5.41, 5.74) is 0. The van der Waals surface area contributed by atoms with E-state index < -0.39 is 0 Å². The van der Waals surface area contributed by atoms with Gasteiger partial charge in [0, 0.05) is 44.3 Å². The molecular formula is C16H33N3. The van der Waals surface area contributed by atoms with Crippen LogP contribution in [0.1, 0.15) is 46.5 Å². The van der Waals surface area contributed by atoms with Gasteiger partial charge in [-0.15, -0.1) is 0 Å². The number of hydrogen-bond acceptors (Lipinski definition) is 3. The van der Waals surface area contributed by atoms with E-state index in [2.05, 4.69) is 42.9 Å². The van der Waals surface area contributed by atoms with Crippen molar-refractivity contribution in [3.8, 4) is 0 Å². The van der Waals surface area contributed by atoms with E-state index >= 15 is 0 Å². The Morgan fingerprint density at radius 2 is 1.79 bits per heavy atom. The van der Waals surface area contributed by atoms with E-state index in [0.29, 0.717) is 12.1 Å². The number of nitrogens with zero attached hydrogens (tertiary/aromatic N) is 2. The molecule has 1 N–H and O–H groups in total. The maximum atomic E-state index is 3.57. The Hall–Kier alpha value is -0.120. The molecule has 1 heterocycles. The van der Waals surface area contributed by atoms with E-state index in [0.717, 1.165) is 12.0 Å². The molecule has 3 nitrogen and oxygen atoms in total. The minimum atomic E-state index is 0.706. The second-order valence-electron chi connectivity index (χ2n) is 6.72. The molecule has 0 spiro atoms. The zero-order valence-electron chi connectivity index (χ0n) is 13.4. The zero-order valence-corrected chi connectivity index (χ0v) is 13.4. The molecule has 0 aromatic rings. The van der Waals surface area contributed by atoms with Gasteiger partial charge in [0.1, 0.15) is 0 Å². The van der Waals surface area contributed by atoms with Gasteiger partial charge in [0.25, 0.3) is 0 Å². The molecular weight excluding hydrogens is 234 g/mol. The first-order chi connectivity index (χ1) is 9.15. The molecule has 2 fully saturated rings. The van der Waals surface area contributed by atoms with Crippen LogP contribution in [0.5, 0.6) is 0 Å². The fourth-order valence-corrected chi connectivity index (χ4v) is 3.93. The van der Waals surface area contributed by atoms with Crippen molar-refractivity contribution in [3.05, 3.63) is 0 Å². The van der Waals surface area contributed by atoms with Crippen LogP contribution in [-0.4, -0.2) is 61.2 Å². The highest BCUT2D eigenvalue weighted by atomic mass is 15.3. The molecule has 0 radical (unpaired) electrons. The molecule has 0 bridgehead atoms. The van der Waals surface area contributed by atoms with E-state index in [1.165, 1.54) is 51.9 Å². The fraction of sp³-hybridized carbons (Fsp3) is 1.00. The summed E-state index contributed by atoms with van der Waals surface area (Å²) in [5.74, 6) is 0.956. The molecule has 3 unspecified atom stereocenters. The van der Waals surface area contributed by atoms with Crippen molar-refractivity contribution in [1.29, 1.82) is 0 Å². The van der Waals surface area contributed by atoms with E-state index in [4.69, 9.17) is 0 Å². The summed E-state index contributed by atoms with van der Waals surface area (Å²) in [4.78, 5) is 5.38. The first kappa shape index (κ1) is 15.3. The summed E-state index contributed by atoms with van der Waals surface area (Å²) >= 11 is 0. The van der Waals surface area contributed by atoms with Gasteiger partial charge in [-0.25, -0.2) is 0 Å². The Bertz CT molecular complexity index is 259. The number of likely N-dealkylation sites (N-methyl/N-ethyl adjacent to an activating group) is 1. The molecule has 0 amide bonds. The average Bonchev–Trinajstić information content (AvgIpc) is 2.46. The largest absolute Gasteiger partial charge is 0.315 e. The van der Waals surface area contributed by atoms with Gasteiger partial charge >= 0.3 is 0 Å². The molecule has 3 heteroatoms. The highest BCUT2D eigenvalue weighted by Gasteiger charge is 2.34. The summed E-state index contributed by atoms with van der Waals surface area (Å²) < 4.78 is 0. The molecule has 1 aliphatic carbocycles. The van der Waals surface area contributed by atoms with Gasteiger partial charge in [0.05, 0.1) is 0 Å². The van der Waals surface area contributed by atoms with Crippen molar-refractivity contribution >= 4 is 0 Å². The summed E-state index contributed by atoms with van der Waals surface area (Å²) in [5, 5.41) is 3.57. The van der Waals surface area contributed by atoms with Crippen LogP contribution in [0, 0.1) is 5.92 Å². The summed E-state index contributed by atoms with van der Waals surface area (Å²) in [6.07, 6.45) is 5.55. The van der Waals surface area contributed by atoms with Gasteiger partial charge < -0.3 is 5.32 Å². The van der Waals surface area contributed by atoms with Crippen LogP contribution in [0.2, 0.25) is 0 Å². The molecule has 1 saturated heterocycles. The predicted octanol–water partition coefficient (Wildman–Crippen LogP) is 2.18. The number of piperazine rings is 1. The van der Waals surface area contributed by atoms with Gasteiger partial charge in [-0.05, 0) is 46.1 Å². The van der Waals surface area contributed by atoms with Crippen LogP contribution in [-0.2, 0) is 0 Å². The third-order valence-electron chi connectivity index (χ3n) is 5.42. The minimum Gasteiger partial charge on any atom is -0.315 e. The van der Waals surface area contributed by atoms with Gasteiger partial charge in [-0.3, -0.25) is 9.80 Å². The summed E-state index contributed by atoms with van der Waals surface area (Å²) in [6.45, 7) is 12.0. The maximum Gasteiger partial charge on any atom is 0.0252 e. The van der Waals surface area contributed by atoms with Gasteiger partial charge in [-0.2, -0.15) is 0 Å². The highest BCUT2D eigenvalue weighted by Crippen LogP contribution is 2.30. The van der Waals surface area contributed by atoms with Gasteiger partial charge in [0.2, 0.25) is 0 Å². The Morgan fingerprint density at radius 1 is 1.11 bits per heavy atom.